The molecule has 1 saturated heterocycles. The Hall–Kier alpha value is -0.610. The zero-order chi connectivity index (χ0) is 19.2. The first-order valence-corrected chi connectivity index (χ1v) is 11.1. The SMILES string of the molecule is CC(=O)O[C@@H]1CC[C@H](CCCCCCCCCCCC[C@H](C)O)N[C@@H]1C. The normalized spacial score (nSPS) is 24.4. The molecule has 0 radical (unpaired) electrons. The highest BCUT2D eigenvalue weighted by Gasteiger charge is 2.28. The fraction of sp³-hybridized carbons (Fsp3) is 0.955. The summed E-state index contributed by atoms with van der Waals surface area (Å²) in [5.41, 5.74) is 0. The number of hydrogen-bond acceptors (Lipinski definition) is 4. The van der Waals surface area contributed by atoms with Crippen LogP contribution in [0.1, 0.15) is 111 Å². The third-order valence-corrected chi connectivity index (χ3v) is 5.60. The smallest absolute Gasteiger partial charge is 0.302 e. The average molecular weight is 370 g/mol. The van der Waals surface area contributed by atoms with Gasteiger partial charge in [0.1, 0.15) is 6.10 Å². The molecular weight excluding hydrogens is 326 g/mol. The standard InChI is InChI=1S/C22H43NO3/c1-18(24)14-12-10-8-6-4-5-7-9-11-13-15-21-16-17-22(19(2)23-21)26-20(3)25/h18-19,21-24H,4-17H2,1-3H3/t18-,19+,21-,22+/m0/s1. The van der Waals surface area contributed by atoms with Crippen LogP contribution in [0.3, 0.4) is 0 Å². The Labute approximate surface area is 161 Å². The van der Waals surface area contributed by atoms with Crippen molar-refractivity contribution in [2.45, 2.75) is 135 Å². The second-order valence-corrected chi connectivity index (χ2v) is 8.34. The van der Waals surface area contributed by atoms with Gasteiger partial charge < -0.3 is 15.2 Å². The van der Waals surface area contributed by atoms with Crippen LogP contribution in [-0.2, 0) is 9.53 Å². The summed E-state index contributed by atoms with van der Waals surface area (Å²) in [4.78, 5) is 11.1. The van der Waals surface area contributed by atoms with Crippen molar-refractivity contribution in [3.05, 3.63) is 0 Å². The summed E-state index contributed by atoms with van der Waals surface area (Å²) < 4.78 is 5.36. The van der Waals surface area contributed by atoms with E-state index in [4.69, 9.17) is 4.74 Å². The summed E-state index contributed by atoms with van der Waals surface area (Å²) in [6.07, 6.45) is 17.5. The van der Waals surface area contributed by atoms with Gasteiger partial charge in [0.25, 0.3) is 0 Å². The fourth-order valence-electron chi connectivity index (χ4n) is 4.02. The zero-order valence-corrected chi connectivity index (χ0v) is 17.5. The molecule has 1 fully saturated rings. The van der Waals surface area contributed by atoms with Crippen molar-refractivity contribution in [3.8, 4) is 0 Å². The summed E-state index contributed by atoms with van der Waals surface area (Å²) >= 11 is 0. The molecule has 0 bridgehead atoms. The van der Waals surface area contributed by atoms with Gasteiger partial charge in [0.2, 0.25) is 0 Å². The molecule has 4 nitrogen and oxygen atoms in total. The van der Waals surface area contributed by atoms with Crippen LogP contribution in [0.15, 0.2) is 0 Å². The number of hydrogen-bond donors (Lipinski definition) is 2. The molecule has 4 atom stereocenters. The summed E-state index contributed by atoms with van der Waals surface area (Å²) in [5.74, 6) is -0.165. The minimum atomic E-state index is -0.165. The van der Waals surface area contributed by atoms with E-state index >= 15 is 0 Å². The number of aliphatic hydroxyl groups excluding tert-OH is 1. The lowest BCUT2D eigenvalue weighted by molar-refractivity contribution is -0.149. The van der Waals surface area contributed by atoms with Crippen molar-refractivity contribution in [1.82, 2.24) is 5.32 Å². The second-order valence-electron chi connectivity index (χ2n) is 8.34. The van der Waals surface area contributed by atoms with E-state index < -0.39 is 0 Å². The van der Waals surface area contributed by atoms with Gasteiger partial charge in [-0.05, 0) is 39.5 Å². The van der Waals surface area contributed by atoms with Crippen LogP contribution in [0.5, 0.6) is 0 Å². The summed E-state index contributed by atoms with van der Waals surface area (Å²) in [7, 11) is 0. The molecule has 0 aromatic carbocycles. The Morgan fingerprint density at radius 2 is 1.54 bits per heavy atom. The molecular formula is C22H43NO3. The Balaban J connectivity index is 1.87. The lowest BCUT2D eigenvalue weighted by Gasteiger charge is -2.35. The van der Waals surface area contributed by atoms with Crippen molar-refractivity contribution in [2.75, 3.05) is 0 Å². The molecule has 4 heteroatoms. The monoisotopic (exact) mass is 369 g/mol. The van der Waals surface area contributed by atoms with E-state index in [9.17, 15) is 9.90 Å². The number of rotatable bonds is 14. The maximum Gasteiger partial charge on any atom is 0.302 e. The number of esters is 1. The number of unbranched alkanes of at least 4 members (excludes halogenated alkanes) is 9. The molecule has 0 aromatic rings. The van der Waals surface area contributed by atoms with Crippen LogP contribution in [0.4, 0.5) is 0 Å². The van der Waals surface area contributed by atoms with Gasteiger partial charge in [-0.25, -0.2) is 0 Å². The zero-order valence-electron chi connectivity index (χ0n) is 17.5. The molecule has 0 saturated carbocycles. The molecule has 0 aliphatic carbocycles. The van der Waals surface area contributed by atoms with Crippen molar-refractivity contribution >= 4 is 5.97 Å². The van der Waals surface area contributed by atoms with Crippen LogP contribution in [0.2, 0.25) is 0 Å². The summed E-state index contributed by atoms with van der Waals surface area (Å²) in [6, 6.07) is 0.872. The molecule has 2 N–H and O–H groups in total. The minimum absolute atomic E-state index is 0.0517. The average Bonchev–Trinajstić information content (AvgIpc) is 2.57. The largest absolute Gasteiger partial charge is 0.461 e. The molecule has 1 aliphatic rings. The van der Waals surface area contributed by atoms with Gasteiger partial charge >= 0.3 is 5.97 Å². The first-order valence-electron chi connectivity index (χ1n) is 11.1. The van der Waals surface area contributed by atoms with E-state index in [0.717, 1.165) is 19.3 Å². The Morgan fingerprint density at radius 3 is 2.04 bits per heavy atom. The number of aliphatic hydroxyl groups is 1. The molecule has 0 amide bonds. The molecule has 1 heterocycles. The van der Waals surface area contributed by atoms with Crippen molar-refractivity contribution < 1.29 is 14.6 Å². The van der Waals surface area contributed by atoms with Crippen LogP contribution in [0.25, 0.3) is 0 Å². The van der Waals surface area contributed by atoms with Gasteiger partial charge in [0.05, 0.1) is 6.10 Å². The van der Waals surface area contributed by atoms with Crippen LogP contribution in [0, 0.1) is 0 Å². The summed E-state index contributed by atoms with van der Waals surface area (Å²) in [5, 5.41) is 12.8. The quantitative estimate of drug-likeness (QED) is 0.329. The third kappa shape index (κ3) is 11.9. The maximum absolute atomic E-state index is 11.1. The Kier molecular flexibility index (Phi) is 13.0. The number of ether oxygens (including phenoxy) is 1. The molecule has 1 aliphatic heterocycles. The lowest BCUT2D eigenvalue weighted by atomic mass is 9.93. The van der Waals surface area contributed by atoms with E-state index in [2.05, 4.69) is 12.2 Å². The third-order valence-electron chi connectivity index (χ3n) is 5.60. The minimum Gasteiger partial charge on any atom is -0.461 e. The van der Waals surface area contributed by atoms with Gasteiger partial charge in [0, 0.05) is 19.0 Å². The fourth-order valence-corrected chi connectivity index (χ4v) is 4.02. The molecule has 1 rings (SSSR count). The van der Waals surface area contributed by atoms with Gasteiger partial charge in [-0.2, -0.15) is 0 Å². The van der Waals surface area contributed by atoms with Crippen LogP contribution >= 0.6 is 0 Å². The number of carbonyl (C=O) groups excluding carboxylic acids is 1. The predicted octanol–water partition coefficient (Wildman–Crippen LogP) is 5.12. The molecule has 26 heavy (non-hydrogen) atoms. The topological polar surface area (TPSA) is 58.6 Å². The van der Waals surface area contributed by atoms with Crippen molar-refractivity contribution in [3.63, 3.8) is 0 Å². The molecule has 0 unspecified atom stereocenters. The number of piperidine rings is 1. The van der Waals surface area contributed by atoms with E-state index in [1.54, 1.807) is 0 Å². The first-order chi connectivity index (χ1) is 12.5. The van der Waals surface area contributed by atoms with E-state index in [0.29, 0.717) is 6.04 Å². The highest BCUT2D eigenvalue weighted by molar-refractivity contribution is 5.66. The van der Waals surface area contributed by atoms with Gasteiger partial charge in [-0.15, -0.1) is 0 Å². The van der Waals surface area contributed by atoms with Gasteiger partial charge in [0.15, 0.2) is 0 Å². The number of carbonyl (C=O) groups is 1. The van der Waals surface area contributed by atoms with Gasteiger partial charge in [-0.1, -0.05) is 64.2 Å². The second kappa shape index (κ2) is 14.4. The Morgan fingerprint density at radius 1 is 1.00 bits per heavy atom. The van der Waals surface area contributed by atoms with E-state index in [-0.39, 0.29) is 24.2 Å². The predicted molar refractivity (Wildman–Crippen MR) is 108 cm³/mol. The Bertz CT molecular complexity index is 359. The van der Waals surface area contributed by atoms with E-state index in [1.807, 2.05) is 6.92 Å². The first kappa shape index (κ1) is 23.4. The highest BCUT2D eigenvalue weighted by atomic mass is 16.5. The maximum atomic E-state index is 11.1. The molecule has 0 spiro atoms. The molecule has 154 valence electrons. The van der Waals surface area contributed by atoms with Gasteiger partial charge in [-0.3, -0.25) is 4.79 Å². The van der Waals surface area contributed by atoms with Crippen LogP contribution in [-0.4, -0.2) is 35.4 Å². The number of nitrogens with one attached hydrogen (secondary N) is 1. The van der Waals surface area contributed by atoms with E-state index in [1.165, 1.54) is 77.6 Å². The molecule has 0 aromatic heterocycles. The van der Waals surface area contributed by atoms with Crippen molar-refractivity contribution in [1.29, 1.82) is 0 Å². The lowest BCUT2D eigenvalue weighted by Crippen LogP contribution is -2.50. The van der Waals surface area contributed by atoms with Crippen molar-refractivity contribution in [2.24, 2.45) is 0 Å². The summed E-state index contributed by atoms with van der Waals surface area (Å²) in [6.45, 7) is 5.51. The highest BCUT2D eigenvalue weighted by Crippen LogP contribution is 2.21. The van der Waals surface area contributed by atoms with Crippen LogP contribution < -0.4 is 5.32 Å².